The van der Waals surface area contributed by atoms with Crippen LogP contribution in [0.25, 0.3) is 11.4 Å². The standard InChI is InChI=1S/C11H9N5/c12-4-8-5-13-11(14-6-8)9-7-15-16-3-1-2-10(9)16/h5-7H,1-3H2. The number of aryl methyl sites for hydroxylation is 1. The lowest BCUT2D eigenvalue weighted by molar-refractivity contribution is 0.656. The van der Waals surface area contributed by atoms with E-state index in [2.05, 4.69) is 15.1 Å². The van der Waals surface area contributed by atoms with Crippen molar-refractivity contribution in [2.75, 3.05) is 0 Å². The fourth-order valence-electron chi connectivity index (χ4n) is 1.98. The number of nitriles is 1. The van der Waals surface area contributed by atoms with Crippen LogP contribution in [0, 0.1) is 11.3 Å². The van der Waals surface area contributed by atoms with Crippen LogP contribution in [-0.2, 0) is 13.0 Å². The predicted octanol–water partition coefficient (Wildman–Crippen LogP) is 1.16. The van der Waals surface area contributed by atoms with Crippen LogP contribution in [0.4, 0.5) is 0 Å². The second-order valence-corrected chi connectivity index (χ2v) is 3.74. The third-order valence-corrected chi connectivity index (χ3v) is 2.75. The summed E-state index contributed by atoms with van der Waals surface area (Å²) in [6.45, 7) is 0.978. The Morgan fingerprint density at radius 2 is 2.06 bits per heavy atom. The molecule has 0 spiro atoms. The molecule has 3 heterocycles. The lowest BCUT2D eigenvalue weighted by Crippen LogP contribution is -1.94. The Morgan fingerprint density at radius 1 is 1.25 bits per heavy atom. The molecule has 5 nitrogen and oxygen atoms in total. The van der Waals surface area contributed by atoms with E-state index in [1.807, 2.05) is 10.8 Å². The second-order valence-electron chi connectivity index (χ2n) is 3.74. The molecule has 2 aromatic rings. The fraction of sp³-hybridized carbons (Fsp3) is 0.273. The first-order chi connectivity index (χ1) is 7.88. The molecule has 0 radical (unpaired) electrons. The van der Waals surface area contributed by atoms with Gasteiger partial charge in [0.15, 0.2) is 5.82 Å². The molecule has 1 aliphatic rings. The molecule has 0 unspecified atom stereocenters. The van der Waals surface area contributed by atoms with Gasteiger partial charge in [0.25, 0.3) is 0 Å². The highest BCUT2D eigenvalue weighted by atomic mass is 15.3. The highest BCUT2D eigenvalue weighted by molar-refractivity contribution is 5.57. The van der Waals surface area contributed by atoms with Crippen molar-refractivity contribution in [3.8, 4) is 17.5 Å². The molecule has 0 bridgehead atoms. The largest absolute Gasteiger partial charge is 0.269 e. The number of aromatic nitrogens is 4. The number of hydrogen-bond donors (Lipinski definition) is 0. The van der Waals surface area contributed by atoms with E-state index < -0.39 is 0 Å². The van der Waals surface area contributed by atoms with Crippen molar-refractivity contribution in [2.24, 2.45) is 0 Å². The Balaban J connectivity index is 2.06. The van der Waals surface area contributed by atoms with Crippen molar-refractivity contribution in [1.82, 2.24) is 19.7 Å². The molecule has 78 valence electrons. The van der Waals surface area contributed by atoms with Gasteiger partial charge in [-0.05, 0) is 12.8 Å². The van der Waals surface area contributed by atoms with Crippen LogP contribution in [0.3, 0.4) is 0 Å². The van der Waals surface area contributed by atoms with Crippen LogP contribution in [-0.4, -0.2) is 19.7 Å². The van der Waals surface area contributed by atoms with Gasteiger partial charge in [-0.15, -0.1) is 0 Å². The van der Waals surface area contributed by atoms with Crippen LogP contribution in [0.5, 0.6) is 0 Å². The fourth-order valence-corrected chi connectivity index (χ4v) is 1.98. The summed E-state index contributed by atoms with van der Waals surface area (Å²) < 4.78 is 2.00. The van der Waals surface area contributed by atoms with Gasteiger partial charge in [0.05, 0.1) is 17.3 Å². The molecular formula is C11H9N5. The van der Waals surface area contributed by atoms with Crippen molar-refractivity contribution < 1.29 is 0 Å². The normalized spacial score (nSPS) is 13.4. The molecule has 0 atom stereocenters. The van der Waals surface area contributed by atoms with Gasteiger partial charge >= 0.3 is 0 Å². The number of hydrogen-bond acceptors (Lipinski definition) is 4. The van der Waals surface area contributed by atoms with Gasteiger partial charge in [-0.2, -0.15) is 10.4 Å². The van der Waals surface area contributed by atoms with Gasteiger partial charge in [-0.3, -0.25) is 4.68 Å². The molecule has 0 amide bonds. The zero-order chi connectivity index (χ0) is 11.0. The lowest BCUT2D eigenvalue weighted by Gasteiger charge is -1.98. The summed E-state index contributed by atoms with van der Waals surface area (Å²) in [5, 5.41) is 13.0. The van der Waals surface area contributed by atoms with E-state index in [0.29, 0.717) is 11.4 Å². The van der Waals surface area contributed by atoms with Crippen molar-refractivity contribution in [3.63, 3.8) is 0 Å². The number of fused-ring (bicyclic) bond motifs is 1. The summed E-state index contributed by atoms with van der Waals surface area (Å²) in [6, 6.07) is 2.01. The summed E-state index contributed by atoms with van der Waals surface area (Å²) in [6.07, 6.45) is 7.05. The Kier molecular flexibility index (Phi) is 1.93. The second kappa shape index (κ2) is 3.42. The van der Waals surface area contributed by atoms with Gasteiger partial charge in [0.1, 0.15) is 6.07 Å². The Labute approximate surface area is 92.4 Å². The first kappa shape index (κ1) is 9.04. The van der Waals surface area contributed by atoms with Gasteiger partial charge < -0.3 is 0 Å². The maximum Gasteiger partial charge on any atom is 0.162 e. The average Bonchev–Trinajstić information content (AvgIpc) is 2.91. The summed E-state index contributed by atoms with van der Waals surface area (Å²) in [5.74, 6) is 0.655. The summed E-state index contributed by atoms with van der Waals surface area (Å²) in [7, 11) is 0. The van der Waals surface area contributed by atoms with E-state index in [1.54, 1.807) is 18.6 Å². The molecule has 0 N–H and O–H groups in total. The van der Waals surface area contributed by atoms with Crippen molar-refractivity contribution in [3.05, 3.63) is 29.8 Å². The van der Waals surface area contributed by atoms with Gasteiger partial charge in [-0.25, -0.2) is 9.97 Å². The Hall–Kier alpha value is -2.22. The van der Waals surface area contributed by atoms with Crippen LogP contribution < -0.4 is 0 Å². The number of rotatable bonds is 1. The Morgan fingerprint density at radius 3 is 2.81 bits per heavy atom. The van der Waals surface area contributed by atoms with Crippen LogP contribution in [0.2, 0.25) is 0 Å². The molecule has 3 rings (SSSR count). The maximum atomic E-state index is 8.67. The van der Waals surface area contributed by atoms with Crippen LogP contribution >= 0.6 is 0 Å². The molecule has 0 fully saturated rings. The van der Waals surface area contributed by atoms with E-state index >= 15 is 0 Å². The summed E-state index contributed by atoms with van der Waals surface area (Å²) in [5.41, 5.74) is 2.67. The minimum atomic E-state index is 0.479. The zero-order valence-electron chi connectivity index (χ0n) is 8.59. The Bertz CT molecular complexity index is 561. The monoisotopic (exact) mass is 211 g/mol. The molecule has 0 saturated heterocycles. The topological polar surface area (TPSA) is 67.4 Å². The molecule has 0 saturated carbocycles. The van der Waals surface area contributed by atoms with Gasteiger partial charge in [0, 0.05) is 24.6 Å². The van der Waals surface area contributed by atoms with Crippen LogP contribution in [0.15, 0.2) is 18.6 Å². The molecule has 0 aliphatic carbocycles. The molecular weight excluding hydrogens is 202 g/mol. The van der Waals surface area contributed by atoms with Crippen molar-refractivity contribution >= 4 is 0 Å². The van der Waals surface area contributed by atoms with E-state index in [0.717, 1.165) is 24.9 Å². The molecule has 0 aromatic carbocycles. The van der Waals surface area contributed by atoms with E-state index in [9.17, 15) is 0 Å². The minimum absolute atomic E-state index is 0.479. The lowest BCUT2D eigenvalue weighted by atomic mass is 10.2. The third-order valence-electron chi connectivity index (χ3n) is 2.75. The first-order valence-electron chi connectivity index (χ1n) is 5.15. The summed E-state index contributed by atoms with van der Waals surface area (Å²) in [4.78, 5) is 8.37. The molecule has 1 aliphatic heterocycles. The molecule has 16 heavy (non-hydrogen) atoms. The SMILES string of the molecule is N#Cc1cnc(-c2cnn3c2CCC3)nc1. The molecule has 2 aromatic heterocycles. The molecule has 5 heteroatoms. The van der Waals surface area contributed by atoms with E-state index in [4.69, 9.17) is 5.26 Å². The summed E-state index contributed by atoms with van der Waals surface area (Å²) >= 11 is 0. The van der Waals surface area contributed by atoms with Crippen molar-refractivity contribution in [1.29, 1.82) is 5.26 Å². The van der Waals surface area contributed by atoms with Gasteiger partial charge in [0.2, 0.25) is 0 Å². The highest BCUT2D eigenvalue weighted by Gasteiger charge is 2.18. The zero-order valence-corrected chi connectivity index (χ0v) is 8.59. The van der Waals surface area contributed by atoms with Gasteiger partial charge in [-0.1, -0.05) is 0 Å². The number of nitrogens with zero attached hydrogens (tertiary/aromatic N) is 5. The van der Waals surface area contributed by atoms with E-state index in [-0.39, 0.29) is 0 Å². The minimum Gasteiger partial charge on any atom is -0.269 e. The van der Waals surface area contributed by atoms with Crippen LogP contribution in [0.1, 0.15) is 17.7 Å². The smallest absolute Gasteiger partial charge is 0.162 e. The third kappa shape index (κ3) is 1.27. The predicted molar refractivity (Wildman–Crippen MR) is 56.3 cm³/mol. The quantitative estimate of drug-likeness (QED) is 0.709. The maximum absolute atomic E-state index is 8.67. The first-order valence-corrected chi connectivity index (χ1v) is 5.15. The highest BCUT2D eigenvalue weighted by Crippen LogP contribution is 2.25. The van der Waals surface area contributed by atoms with E-state index in [1.165, 1.54) is 5.69 Å². The van der Waals surface area contributed by atoms with Crippen molar-refractivity contribution in [2.45, 2.75) is 19.4 Å². The average molecular weight is 211 g/mol.